The summed E-state index contributed by atoms with van der Waals surface area (Å²) in [5.74, 6) is 0.963. The van der Waals surface area contributed by atoms with Crippen LogP contribution in [0, 0.1) is 5.92 Å². The maximum Gasteiger partial charge on any atom is 0.0611 e. The molecule has 0 aliphatic rings. The number of aliphatic hydroxyl groups excluding tert-OH is 1. The molecule has 0 aliphatic carbocycles. The van der Waals surface area contributed by atoms with Crippen molar-refractivity contribution in [2.75, 3.05) is 0 Å². The molecule has 0 amide bonds. The van der Waals surface area contributed by atoms with Crippen molar-refractivity contribution in [2.45, 2.75) is 71.3 Å². The zero-order chi connectivity index (χ0) is 14.1. The Morgan fingerprint density at radius 3 is 2.21 bits per heavy atom. The summed E-state index contributed by atoms with van der Waals surface area (Å²) in [7, 11) is 0. The largest absolute Gasteiger partial charge is 0.392 e. The van der Waals surface area contributed by atoms with E-state index in [1.165, 1.54) is 31.2 Å². The van der Waals surface area contributed by atoms with Crippen LogP contribution in [0.2, 0.25) is 0 Å². The lowest BCUT2D eigenvalue weighted by Gasteiger charge is -2.26. The van der Waals surface area contributed by atoms with Crippen molar-refractivity contribution in [1.82, 2.24) is 0 Å². The Bertz CT molecular complexity index is 320. The molecule has 1 rings (SSSR count). The first-order valence-electron chi connectivity index (χ1n) is 7.95. The monoisotopic (exact) mass is 262 g/mol. The summed E-state index contributed by atoms with van der Waals surface area (Å²) in [6, 6.07) is 10.5. The van der Waals surface area contributed by atoms with Gasteiger partial charge >= 0.3 is 0 Å². The molecule has 1 heteroatoms. The second-order valence-electron chi connectivity index (χ2n) is 5.64. The molecule has 0 aliphatic heterocycles. The highest BCUT2D eigenvalue weighted by atomic mass is 16.3. The molecule has 0 fully saturated rings. The molecule has 3 unspecified atom stereocenters. The van der Waals surface area contributed by atoms with E-state index in [9.17, 15) is 5.11 Å². The molecule has 19 heavy (non-hydrogen) atoms. The van der Waals surface area contributed by atoms with E-state index in [2.05, 4.69) is 45.0 Å². The summed E-state index contributed by atoms with van der Waals surface area (Å²) in [5.41, 5.74) is 1.28. The molecule has 0 radical (unpaired) electrons. The molecule has 0 saturated heterocycles. The summed E-state index contributed by atoms with van der Waals surface area (Å²) >= 11 is 0. The minimum absolute atomic E-state index is 0.200. The molecule has 1 N–H and O–H groups in total. The van der Waals surface area contributed by atoms with E-state index in [4.69, 9.17) is 0 Å². The lowest BCUT2D eigenvalue weighted by atomic mass is 9.84. The second kappa shape index (κ2) is 9.14. The second-order valence-corrected chi connectivity index (χ2v) is 5.64. The minimum atomic E-state index is -0.200. The molecule has 3 atom stereocenters. The first kappa shape index (κ1) is 16.2. The van der Waals surface area contributed by atoms with Gasteiger partial charge in [0.25, 0.3) is 0 Å². The number of unbranched alkanes of at least 4 members (excludes halogenated alkanes) is 1. The zero-order valence-corrected chi connectivity index (χ0v) is 12.8. The molecule has 0 bridgehead atoms. The molecule has 0 saturated carbocycles. The maximum absolute atomic E-state index is 10.6. The topological polar surface area (TPSA) is 20.2 Å². The Balaban J connectivity index is 2.60. The molecular formula is C18H30O. The first-order chi connectivity index (χ1) is 9.22. The number of aliphatic hydroxyl groups is 1. The number of rotatable bonds is 9. The molecule has 0 aromatic heterocycles. The summed E-state index contributed by atoms with van der Waals surface area (Å²) in [6.07, 6.45) is 6.74. The summed E-state index contributed by atoms with van der Waals surface area (Å²) < 4.78 is 0. The highest BCUT2D eigenvalue weighted by molar-refractivity contribution is 5.20. The lowest BCUT2D eigenvalue weighted by Crippen LogP contribution is -2.21. The molecule has 0 spiro atoms. The third kappa shape index (κ3) is 5.36. The van der Waals surface area contributed by atoms with Gasteiger partial charge in [-0.2, -0.15) is 0 Å². The fraction of sp³-hybridized carbons (Fsp3) is 0.667. The lowest BCUT2D eigenvalue weighted by molar-refractivity contribution is 0.108. The molecule has 0 heterocycles. The Hall–Kier alpha value is -0.820. The van der Waals surface area contributed by atoms with Gasteiger partial charge in [0.2, 0.25) is 0 Å². The average molecular weight is 262 g/mol. The highest BCUT2D eigenvalue weighted by Crippen LogP contribution is 2.29. The molecule has 1 nitrogen and oxygen atoms in total. The quantitative estimate of drug-likeness (QED) is 0.652. The van der Waals surface area contributed by atoms with Gasteiger partial charge in [0.05, 0.1) is 6.10 Å². The summed E-state index contributed by atoms with van der Waals surface area (Å²) in [6.45, 7) is 6.66. The van der Waals surface area contributed by atoms with Gasteiger partial charge in [-0.3, -0.25) is 0 Å². The van der Waals surface area contributed by atoms with Gasteiger partial charge in [-0.05, 0) is 24.3 Å². The van der Waals surface area contributed by atoms with Crippen molar-refractivity contribution in [3.63, 3.8) is 0 Å². The van der Waals surface area contributed by atoms with Crippen molar-refractivity contribution in [3.8, 4) is 0 Å². The van der Waals surface area contributed by atoms with E-state index >= 15 is 0 Å². The summed E-state index contributed by atoms with van der Waals surface area (Å²) in [5, 5.41) is 10.6. The third-order valence-corrected chi connectivity index (χ3v) is 4.25. The van der Waals surface area contributed by atoms with E-state index in [-0.39, 0.29) is 12.0 Å². The molecule has 108 valence electrons. The summed E-state index contributed by atoms with van der Waals surface area (Å²) in [4.78, 5) is 0. The van der Waals surface area contributed by atoms with Crippen LogP contribution < -0.4 is 0 Å². The van der Waals surface area contributed by atoms with Gasteiger partial charge in [-0.25, -0.2) is 0 Å². The van der Waals surface area contributed by atoms with E-state index in [0.29, 0.717) is 5.92 Å². The zero-order valence-electron chi connectivity index (χ0n) is 12.8. The predicted octanol–water partition coefficient (Wildman–Crippen LogP) is 5.15. The average Bonchev–Trinajstić information content (AvgIpc) is 2.45. The smallest absolute Gasteiger partial charge is 0.0611 e. The molecule has 1 aromatic rings. The van der Waals surface area contributed by atoms with Crippen LogP contribution in [0.3, 0.4) is 0 Å². The van der Waals surface area contributed by atoms with Gasteiger partial charge in [0.15, 0.2) is 0 Å². The van der Waals surface area contributed by atoms with Crippen LogP contribution in [-0.4, -0.2) is 11.2 Å². The maximum atomic E-state index is 10.6. The first-order valence-corrected chi connectivity index (χ1v) is 7.95. The minimum Gasteiger partial charge on any atom is -0.392 e. The van der Waals surface area contributed by atoms with E-state index in [0.717, 1.165) is 12.8 Å². The standard InChI is InChI=1S/C18H30O/c1-4-7-11-15(5-2)14-18(19)17(6-3)16-12-9-8-10-13-16/h8-10,12-13,15,17-19H,4-7,11,14H2,1-3H3. The van der Waals surface area contributed by atoms with Crippen molar-refractivity contribution >= 4 is 0 Å². The SMILES string of the molecule is CCCCC(CC)CC(O)C(CC)c1ccccc1. The van der Waals surface area contributed by atoms with Crippen molar-refractivity contribution < 1.29 is 5.11 Å². The predicted molar refractivity (Wildman–Crippen MR) is 83.4 cm³/mol. The Kier molecular flexibility index (Phi) is 7.81. The molecular weight excluding hydrogens is 232 g/mol. The Morgan fingerprint density at radius 1 is 1.00 bits per heavy atom. The van der Waals surface area contributed by atoms with E-state index in [1.54, 1.807) is 0 Å². The van der Waals surface area contributed by atoms with Crippen LogP contribution in [-0.2, 0) is 0 Å². The number of hydrogen-bond acceptors (Lipinski definition) is 1. The van der Waals surface area contributed by atoms with Gasteiger partial charge in [0, 0.05) is 5.92 Å². The number of benzene rings is 1. The Labute approximate surface area is 119 Å². The fourth-order valence-corrected chi connectivity index (χ4v) is 2.92. The van der Waals surface area contributed by atoms with Gasteiger partial charge < -0.3 is 5.11 Å². The van der Waals surface area contributed by atoms with Crippen LogP contribution >= 0.6 is 0 Å². The van der Waals surface area contributed by atoms with Crippen LogP contribution in [0.5, 0.6) is 0 Å². The van der Waals surface area contributed by atoms with Crippen molar-refractivity contribution in [2.24, 2.45) is 5.92 Å². The van der Waals surface area contributed by atoms with Crippen molar-refractivity contribution in [3.05, 3.63) is 35.9 Å². The van der Waals surface area contributed by atoms with Gasteiger partial charge in [-0.1, -0.05) is 76.8 Å². The number of hydrogen-bond donors (Lipinski definition) is 1. The van der Waals surface area contributed by atoms with Crippen LogP contribution in [0.25, 0.3) is 0 Å². The molecule has 1 aromatic carbocycles. The highest BCUT2D eigenvalue weighted by Gasteiger charge is 2.22. The van der Waals surface area contributed by atoms with Crippen LogP contribution in [0.4, 0.5) is 0 Å². The van der Waals surface area contributed by atoms with Crippen LogP contribution in [0.15, 0.2) is 30.3 Å². The van der Waals surface area contributed by atoms with Gasteiger partial charge in [0.1, 0.15) is 0 Å². The van der Waals surface area contributed by atoms with E-state index in [1.807, 2.05) is 6.07 Å². The Morgan fingerprint density at radius 2 is 1.68 bits per heavy atom. The fourth-order valence-electron chi connectivity index (χ4n) is 2.92. The van der Waals surface area contributed by atoms with Crippen molar-refractivity contribution in [1.29, 1.82) is 0 Å². The van der Waals surface area contributed by atoms with Gasteiger partial charge in [-0.15, -0.1) is 0 Å². The normalized spacial score (nSPS) is 16.0. The van der Waals surface area contributed by atoms with Crippen LogP contribution in [0.1, 0.15) is 70.8 Å². The van der Waals surface area contributed by atoms with E-state index < -0.39 is 0 Å². The third-order valence-electron chi connectivity index (χ3n) is 4.25.